The van der Waals surface area contributed by atoms with E-state index in [1.807, 2.05) is 20.8 Å². The molecule has 1 aliphatic rings. The second-order valence-electron chi connectivity index (χ2n) is 5.60. The van der Waals surface area contributed by atoms with Crippen LogP contribution in [-0.4, -0.2) is 62.5 Å². The summed E-state index contributed by atoms with van der Waals surface area (Å²) in [5.74, 6) is -0.167. The van der Waals surface area contributed by atoms with E-state index >= 15 is 0 Å². The maximum atomic E-state index is 11.7. The SMILES string of the molecule is COCCO[C@@H]1CCN(CC(=O)OC(C)(C)C)C1. The monoisotopic (exact) mass is 259 g/mol. The highest BCUT2D eigenvalue weighted by Gasteiger charge is 2.26. The van der Waals surface area contributed by atoms with Crippen LogP contribution in [0.4, 0.5) is 0 Å². The Morgan fingerprint density at radius 1 is 1.33 bits per heavy atom. The second kappa shape index (κ2) is 7.07. The standard InChI is InChI=1S/C13H25NO4/c1-13(2,3)18-12(15)10-14-6-5-11(9-14)17-8-7-16-4/h11H,5-10H2,1-4H3/t11-/m1/s1. The number of methoxy groups -OCH3 is 1. The van der Waals surface area contributed by atoms with E-state index in [1.165, 1.54) is 0 Å². The molecule has 0 aromatic heterocycles. The Balaban J connectivity index is 2.19. The van der Waals surface area contributed by atoms with E-state index in [2.05, 4.69) is 4.90 Å². The number of likely N-dealkylation sites (tertiary alicyclic amines) is 1. The lowest BCUT2D eigenvalue weighted by Gasteiger charge is -2.22. The van der Waals surface area contributed by atoms with Gasteiger partial charge in [0.1, 0.15) is 5.60 Å². The Labute approximate surface area is 109 Å². The number of esters is 1. The van der Waals surface area contributed by atoms with Gasteiger partial charge in [-0.3, -0.25) is 9.69 Å². The zero-order chi connectivity index (χ0) is 13.6. The Kier molecular flexibility index (Phi) is 6.05. The fourth-order valence-corrected chi connectivity index (χ4v) is 1.93. The number of carbonyl (C=O) groups excluding carboxylic acids is 1. The number of rotatable bonds is 6. The van der Waals surface area contributed by atoms with Crippen molar-refractivity contribution in [2.75, 3.05) is 40.0 Å². The first-order valence-corrected chi connectivity index (χ1v) is 6.45. The molecule has 0 saturated carbocycles. The summed E-state index contributed by atoms with van der Waals surface area (Å²) < 4.78 is 15.9. The van der Waals surface area contributed by atoms with Crippen molar-refractivity contribution in [2.24, 2.45) is 0 Å². The van der Waals surface area contributed by atoms with Crippen LogP contribution in [0.2, 0.25) is 0 Å². The molecule has 0 N–H and O–H groups in total. The van der Waals surface area contributed by atoms with Gasteiger partial charge in [0.2, 0.25) is 0 Å². The van der Waals surface area contributed by atoms with E-state index in [-0.39, 0.29) is 12.1 Å². The number of hydrogen-bond donors (Lipinski definition) is 0. The van der Waals surface area contributed by atoms with Gasteiger partial charge in [0, 0.05) is 20.2 Å². The summed E-state index contributed by atoms with van der Waals surface area (Å²) in [5, 5.41) is 0. The minimum absolute atomic E-state index is 0.167. The molecule has 0 aromatic rings. The number of hydrogen-bond acceptors (Lipinski definition) is 5. The molecule has 0 bridgehead atoms. The number of carbonyl (C=O) groups is 1. The van der Waals surface area contributed by atoms with Crippen LogP contribution >= 0.6 is 0 Å². The topological polar surface area (TPSA) is 48.0 Å². The van der Waals surface area contributed by atoms with E-state index in [0.717, 1.165) is 19.5 Å². The normalized spacial score (nSPS) is 21.2. The molecular formula is C13H25NO4. The van der Waals surface area contributed by atoms with Crippen LogP contribution in [0.15, 0.2) is 0 Å². The molecule has 0 amide bonds. The van der Waals surface area contributed by atoms with Crippen LogP contribution in [0.25, 0.3) is 0 Å². The molecule has 1 aliphatic heterocycles. The van der Waals surface area contributed by atoms with E-state index in [9.17, 15) is 4.79 Å². The molecule has 0 aromatic carbocycles. The summed E-state index contributed by atoms with van der Waals surface area (Å²) in [4.78, 5) is 13.7. The Morgan fingerprint density at radius 3 is 2.67 bits per heavy atom. The molecule has 18 heavy (non-hydrogen) atoms. The summed E-state index contributed by atoms with van der Waals surface area (Å²) in [7, 11) is 1.66. The summed E-state index contributed by atoms with van der Waals surface area (Å²) in [6.07, 6.45) is 1.18. The fourth-order valence-electron chi connectivity index (χ4n) is 1.93. The van der Waals surface area contributed by atoms with Crippen molar-refractivity contribution in [3.05, 3.63) is 0 Å². The molecule has 1 saturated heterocycles. The quantitative estimate of drug-likeness (QED) is 0.527. The lowest BCUT2D eigenvalue weighted by atomic mass is 10.2. The molecule has 0 aliphatic carbocycles. The van der Waals surface area contributed by atoms with Crippen molar-refractivity contribution in [1.82, 2.24) is 4.90 Å². The van der Waals surface area contributed by atoms with Gasteiger partial charge in [-0.1, -0.05) is 0 Å². The molecule has 1 fully saturated rings. The largest absolute Gasteiger partial charge is 0.459 e. The van der Waals surface area contributed by atoms with Gasteiger partial charge in [0.15, 0.2) is 0 Å². The van der Waals surface area contributed by atoms with Gasteiger partial charge >= 0.3 is 5.97 Å². The zero-order valence-electron chi connectivity index (χ0n) is 11.9. The van der Waals surface area contributed by atoms with Gasteiger partial charge in [-0.2, -0.15) is 0 Å². The van der Waals surface area contributed by atoms with Crippen LogP contribution in [0.5, 0.6) is 0 Å². The molecule has 1 rings (SSSR count). The molecule has 106 valence electrons. The summed E-state index contributed by atoms with van der Waals surface area (Å²) >= 11 is 0. The summed E-state index contributed by atoms with van der Waals surface area (Å²) in [6.45, 7) is 8.90. The Bertz CT molecular complexity index is 262. The van der Waals surface area contributed by atoms with Crippen LogP contribution in [0.1, 0.15) is 27.2 Å². The van der Waals surface area contributed by atoms with Crippen LogP contribution in [-0.2, 0) is 19.0 Å². The highest BCUT2D eigenvalue weighted by molar-refractivity contribution is 5.72. The zero-order valence-corrected chi connectivity index (χ0v) is 11.9. The van der Waals surface area contributed by atoms with E-state index in [0.29, 0.717) is 19.8 Å². The first-order chi connectivity index (χ1) is 8.40. The van der Waals surface area contributed by atoms with Gasteiger partial charge in [-0.05, 0) is 27.2 Å². The smallest absolute Gasteiger partial charge is 0.320 e. The first-order valence-electron chi connectivity index (χ1n) is 6.45. The summed E-state index contributed by atoms with van der Waals surface area (Å²) in [5.41, 5.74) is -0.412. The fraction of sp³-hybridized carbons (Fsp3) is 0.923. The molecule has 1 heterocycles. The lowest BCUT2D eigenvalue weighted by molar-refractivity contribution is -0.155. The highest BCUT2D eigenvalue weighted by Crippen LogP contribution is 2.14. The van der Waals surface area contributed by atoms with Crippen molar-refractivity contribution in [3.8, 4) is 0 Å². The third kappa shape index (κ3) is 6.33. The van der Waals surface area contributed by atoms with E-state index in [1.54, 1.807) is 7.11 Å². The van der Waals surface area contributed by atoms with Gasteiger partial charge in [-0.25, -0.2) is 0 Å². The van der Waals surface area contributed by atoms with Gasteiger partial charge in [-0.15, -0.1) is 0 Å². The molecule has 5 nitrogen and oxygen atoms in total. The second-order valence-corrected chi connectivity index (χ2v) is 5.60. The average molecular weight is 259 g/mol. The van der Waals surface area contributed by atoms with Crippen LogP contribution < -0.4 is 0 Å². The predicted molar refractivity (Wildman–Crippen MR) is 68.5 cm³/mol. The minimum atomic E-state index is -0.412. The van der Waals surface area contributed by atoms with Gasteiger partial charge in [0.25, 0.3) is 0 Å². The van der Waals surface area contributed by atoms with Crippen molar-refractivity contribution in [3.63, 3.8) is 0 Å². The minimum Gasteiger partial charge on any atom is -0.459 e. The third-order valence-corrected chi connectivity index (χ3v) is 2.64. The van der Waals surface area contributed by atoms with E-state index < -0.39 is 5.60 Å². The van der Waals surface area contributed by atoms with Gasteiger partial charge in [0.05, 0.1) is 25.9 Å². The Hall–Kier alpha value is -0.650. The van der Waals surface area contributed by atoms with Crippen molar-refractivity contribution < 1.29 is 19.0 Å². The molecule has 0 unspecified atom stereocenters. The molecular weight excluding hydrogens is 234 g/mol. The van der Waals surface area contributed by atoms with Crippen molar-refractivity contribution in [2.45, 2.75) is 38.9 Å². The summed E-state index contributed by atoms with van der Waals surface area (Å²) in [6, 6.07) is 0. The maximum absolute atomic E-state index is 11.7. The third-order valence-electron chi connectivity index (χ3n) is 2.64. The lowest BCUT2D eigenvalue weighted by Crippen LogP contribution is -2.34. The molecule has 1 atom stereocenters. The molecule has 5 heteroatoms. The van der Waals surface area contributed by atoms with Crippen LogP contribution in [0.3, 0.4) is 0 Å². The van der Waals surface area contributed by atoms with Gasteiger partial charge < -0.3 is 14.2 Å². The predicted octanol–water partition coefficient (Wildman–Crippen LogP) is 1.07. The molecule has 0 radical (unpaired) electrons. The number of nitrogens with zero attached hydrogens (tertiary/aromatic N) is 1. The van der Waals surface area contributed by atoms with E-state index in [4.69, 9.17) is 14.2 Å². The molecule has 0 spiro atoms. The van der Waals surface area contributed by atoms with Crippen LogP contribution in [0, 0.1) is 0 Å². The first kappa shape index (κ1) is 15.4. The van der Waals surface area contributed by atoms with Crippen molar-refractivity contribution >= 4 is 5.97 Å². The average Bonchev–Trinajstić information content (AvgIpc) is 2.63. The maximum Gasteiger partial charge on any atom is 0.320 e. The highest BCUT2D eigenvalue weighted by atomic mass is 16.6. The van der Waals surface area contributed by atoms with Crippen molar-refractivity contribution in [1.29, 1.82) is 0 Å². The number of ether oxygens (including phenoxy) is 3. The Morgan fingerprint density at radius 2 is 2.06 bits per heavy atom.